The van der Waals surface area contributed by atoms with E-state index in [1.807, 2.05) is 24.3 Å². The van der Waals surface area contributed by atoms with Crippen LogP contribution in [0.4, 0.5) is 11.4 Å². The SMILES string of the molecule is NN1Nc2cccc3cccc(c23)N1. The second-order valence-corrected chi connectivity index (χ2v) is 3.30. The predicted octanol–water partition coefficient (Wildman–Crippen LogP) is 1.68. The Morgan fingerprint density at radius 1 is 0.929 bits per heavy atom. The number of benzene rings is 2. The first-order chi connectivity index (χ1) is 6.84. The van der Waals surface area contributed by atoms with Crippen molar-refractivity contribution in [3.05, 3.63) is 36.4 Å². The first-order valence-electron chi connectivity index (χ1n) is 4.44. The zero-order valence-electron chi connectivity index (χ0n) is 7.49. The van der Waals surface area contributed by atoms with Gasteiger partial charge in [-0.05, 0) is 17.5 Å². The third-order valence-corrected chi connectivity index (χ3v) is 2.39. The molecule has 2 aromatic carbocycles. The lowest BCUT2D eigenvalue weighted by atomic mass is 10.1. The van der Waals surface area contributed by atoms with Crippen LogP contribution in [0.3, 0.4) is 0 Å². The van der Waals surface area contributed by atoms with Gasteiger partial charge in [0, 0.05) is 5.39 Å². The molecule has 1 aliphatic heterocycles. The fourth-order valence-electron chi connectivity index (χ4n) is 1.81. The van der Waals surface area contributed by atoms with E-state index < -0.39 is 0 Å². The normalized spacial score (nSPS) is 14.9. The van der Waals surface area contributed by atoms with Crippen LogP contribution in [0.25, 0.3) is 10.8 Å². The number of hydrogen-bond acceptors (Lipinski definition) is 4. The maximum Gasteiger partial charge on any atom is 0.0621 e. The zero-order chi connectivity index (χ0) is 9.54. The molecule has 0 aliphatic carbocycles. The number of anilines is 2. The molecule has 2 aromatic rings. The molecule has 0 saturated heterocycles. The Bertz CT molecular complexity index is 454. The average Bonchev–Trinajstić information content (AvgIpc) is 2.18. The quantitative estimate of drug-likeness (QED) is 0.548. The highest BCUT2D eigenvalue weighted by molar-refractivity contribution is 6.03. The summed E-state index contributed by atoms with van der Waals surface area (Å²) in [7, 11) is 0. The molecule has 0 spiro atoms. The summed E-state index contributed by atoms with van der Waals surface area (Å²) in [4.78, 5) is 0. The molecule has 0 aromatic heterocycles. The first-order valence-corrected chi connectivity index (χ1v) is 4.44. The van der Waals surface area contributed by atoms with Gasteiger partial charge < -0.3 is 0 Å². The second-order valence-electron chi connectivity index (χ2n) is 3.30. The van der Waals surface area contributed by atoms with Gasteiger partial charge in [-0.3, -0.25) is 10.9 Å². The van der Waals surface area contributed by atoms with Crippen molar-refractivity contribution in [2.24, 2.45) is 5.84 Å². The summed E-state index contributed by atoms with van der Waals surface area (Å²) in [5, 5.41) is 3.74. The van der Waals surface area contributed by atoms with Gasteiger partial charge in [-0.1, -0.05) is 29.5 Å². The molecular weight excluding hydrogens is 176 g/mol. The van der Waals surface area contributed by atoms with Gasteiger partial charge in [-0.2, -0.15) is 0 Å². The van der Waals surface area contributed by atoms with E-state index in [2.05, 4.69) is 23.0 Å². The van der Waals surface area contributed by atoms with Crippen LogP contribution in [0.2, 0.25) is 0 Å². The van der Waals surface area contributed by atoms with Gasteiger partial charge in [0.25, 0.3) is 0 Å². The number of hydrogen-bond donors (Lipinski definition) is 3. The predicted molar refractivity (Wildman–Crippen MR) is 57.2 cm³/mol. The average molecular weight is 186 g/mol. The van der Waals surface area contributed by atoms with Crippen molar-refractivity contribution in [2.45, 2.75) is 0 Å². The standard InChI is InChI=1S/C10H10N4/c11-14-12-8-5-1-3-7-4-2-6-9(13-14)10(7)8/h1-6,12-13H,11H2. The van der Waals surface area contributed by atoms with E-state index in [0.29, 0.717) is 0 Å². The summed E-state index contributed by atoms with van der Waals surface area (Å²) in [5.74, 6) is 5.64. The molecule has 4 heteroatoms. The second kappa shape index (κ2) is 2.60. The number of nitrogens with one attached hydrogen (secondary N) is 2. The molecule has 0 atom stereocenters. The summed E-state index contributed by atoms with van der Waals surface area (Å²) >= 11 is 0. The minimum Gasteiger partial charge on any atom is -0.287 e. The van der Waals surface area contributed by atoms with E-state index in [-0.39, 0.29) is 0 Å². The van der Waals surface area contributed by atoms with Crippen LogP contribution in [-0.4, -0.2) is 5.23 Å². The molecule has 14 heavy (non-hydrogen) atoms. The molecule has 0 fully saturated rings. The number of hydrazine groups is 3. The van der Waals surface area contributed by atoms with Crippen molar-refractivity contribution in [3.63, 3.8) is 0 Å². The Balaban J connectivity index is 2.40. The summed E-state index contributed by atoms with van der Waals surface area (Å²) in [6, 6.07) is 12.2. The summed E-state index contributed by atoms with van der Waals surface area (Å²) in [5.41, 5.74) is 8.10. The number of rotatable bonds is 0. The maximum absolute atomic E-state index is 5.64. The minimum atomic E-state index is 1.03. The van der Waals surface area contributed by atoms with Crippen LogP contribution < -0.4 is 16.7 Å². The van der Waals surface area contributed by atoms with Crippen LogP contribution in [0, 0.1) is 0 Å². The maximum atomic E-state index is 5.64. The Labute approximate surface area is 81.2 Å². The Hall–Kier alpha value is -1.78. The molecular formula is C10H10N4. The lowest BCUT2D eigenvalue weighted by Crippen LogP contribution is -2.43. The molecule has 0 amide bonds. The van der Waals surface area contributed by atoms with Gasteiger partial charge in [0.2, 0.25) is 0 Å². The van der Waals surface area contributed by atoms with Crippen LogP contribution in [-0.2, 0) is 0 Å². The molecule has 1 heterocycles. The van der Waals surface area contributed by atoms with E-state index in [4.69, 9.17) is 5.84 Å². The summed E-state index contributed by atoms with van der Waals surface area (Å²) < 4.78 is 0. The van der Waals surface area contributed by atoms with Crippen LogP contribution in [0.15, 0.2) is 36.4 Å². The first kappa shape index (κ1) is 7.61. The highest BCUT2D eigenvalue weighted by Gasteiger charge is 2.13. The largest absolute Gasteiger partial charge is 0.287 e. The molecule has 0 unspecified atom stereocenters. The molecule has 1 aliphatic rings. The van der Waals surface area contributed by atoms with E-state index in [0.717, 1.165) is 11.4 Å². The Morgan fingerprint density at radius 2 is 1.50 bits per heavy atom. The minimum absolute atomic E-state index is 1.03. The fraction of sp³-hybridized carbons (Fsp3) is 0. The van der Waals surface area contributed by atoms with E-state index in [1.165, 1.54) is 16.0 Å². The molecule has 0 saturated carbocycles. The molecule has 4 N–H and O–H groups in total. The van der Waals surface area contributed by atoms with Gasteiger partial charge in [0.15, 0.2) is 0 Å². The van der Waals surface area contributed by atoms with Crippen LogP contribution in [0.1, 0.15) is 0 Å². The van der Waals surface area contributed by atoms with Gasteiger partial charge in [-0.25, -0.2) is 5.84 Å². The summed E-state index contributed by atoms with van der Waals surface area (Å²) in [6.45, 7) is 0. The smallest absolute Gasteiger partial charge is 0.0621 e. The van der Waals surface area contributed by atoms with Gasteiger partial charge in [0.1, 0.15) is 0 Å². The van der Waals surface area contributed by atoms with Crippen LogP contribution in [0.5, 0.6) is 0 Å². The third-order valence-electron chi connectivity index (χ3n) is 2.39. The van der Waals surface area contributed by atoms with Crippen molar-refractivity contribution in [2.75, 3.05) is 10.9 Å². The van der Waals surface area contributed by atoms with Gasteiger partial charge in [0.05, 0.1) is 11.4 Å². The van der Waals surface area contributed by atoms with Gasteiger partial charge >= 0.3 is 0 Å². The van der Waals surface area contributed by atoms with Crippen molar-refractivity contribution >= 4 is 22.1 Å². The number of nitrogens with two attached hydrogens (primary N) is 1. The lowest BCUT2D eigenvalue weighted by Gasteiger charge is -2.27. The monoisotopic (exact) mass is 186 g/mol. The van der Waals surface area contributed by atoms with E-state index >= 15 is 0 Å². The van der Waals surface area contributed by atoms with E-state index in [1.54, 1.807) is 0 Å². The topological polar surface area (TPSA) is 53.3 Å². The van der Waals surface area contributed by atoms with E-state index in [9.17, 15) is 0 Å². The third kappa shape index (κ3) is 0.951. The molecule has 4 nitrogen and oxygen atoms in total. The summed E-state index contributed by atoms with van der Waals surface area (Å²) in [6.07, 6.45) is 0. The Morgan fingerprint density at radius 3 is 2.07 bits per heavy atom. The van der Waals surface area contributed by atoms with Crippen molar-refractivity contribution in [3.8, 4) is 0 Å². The zero-order valence-corrected chi connectivity index (χ0v) is 7.49. The molecule has 0 bridgehead atoms. The van der Waals surface area contributed by atoms with Crippen molar-refractivity contribution < 1.29 is 0 Å². The number of nitrogens with zero attached hydrogens (tertiary/aromatic N) is 1. The lowest BCUT2D eigenvalue weighted by molar-refractivity contribution is 0.414. The highest BCUT2D eigenvalue weighted by atomic mass is 15.9. The molecule has 3 rings (SSSR count). The van der Waals surface area contributed by atoms with Crippen molar-refractivity contribution in [1.82, 2.24) is 5.23 Å². The molecule has 70 valence electrons. The van der Waals surface area contributed by atoms with Crippen LogP contribution >= 0.6 is 0 Å². The fourth-order valence-corrected chi connectivity index (χ4v) is 1.81. The van der Waals surface area contributed by atoms with Gasteiger partial charge in [-0.15, -0.1) is 0 Å². The van der Waals surface area contributed by atoms with Crippen molar-refractivity contribution in [1.29, 1.82) is 0 Å². The highest BCUT2D eigenvalue weighted by Crippen LogP contribution is 2.33. The Kier molecular flexibility index (Phi) is 1.41. The molecule has 0 radical (unpaired) electrons.